The molecule has 0 saturated carbocycles. The molecule has 1 unspecified atom stereocenters. The Kier molecular flexibility index (Phi) is 7.53. The largest absolute Gasteiger partial charge is 0.481 e. The van der Waals surface area contributed by atoms with Crippen LogP contribution >= 0.6 is 0 Å². The van der Waals surface area contributed by atoms with E-state index in [2.05, 4.69) is 22.2 Å². The summed E-state index contributed by atoms with van der Waals surface area (Å²) in [5, 5.41) is 3.02. The summed E-state index contributed by atoms with van der Waals surface area (Å²) in [7, 11) is 2.16. The number of rotatable bonds is 8. The third kappa shape index (κ3) is 6.13. The first-order chi connectivity index (χ1) is 11.6. The van der Waals surface area contributed by atoms with Crippen molar-refractivity contribution in [1.82, 2.24) is 15.1 Å². The molecule has 0 radical (unpaired) electrons. The highest BCUT2D eigenvalue weighted by Crippen LogP contribution is 2.15. The molecule has 1 fully saturated rings. The second kappa shape index (κ2) is 9.64. The zero-order valence-electron chi connectivity index (χ0n) is 15.3. The Morgan fingerprint density at radius 2 is 2.04 bits per heavy atom. The first-order valence-corrected chi connectivity index (χ1v) is 9.00. The zero-order valence-corrected chi connectivity index (χ0v) is 15.3. The fraction of sp³-hybridized carbons (Fsp3) is 0.632. The smallest absolute Gasteiger partial charge is 0.261 e. The van der Waals surface area contributed by atoms with Crippen molar-refractivity contribution in [3.05, 3.63) is 29.8 Å². The molecule has 0 bridgehead atoms. The molecule has 0 spiro atoms. The van der Waals surface area contributed by atoms with Gasteiger partial charge in [-0.05, 0) is 51.1 Å². The number of nitrogens with one attached hydrogen (secondary N) is 1. The predicted octanol–water partition coefficient (Wildman–Crippen LogP) is 1.91. The maximum absolute atomic E-state index is 12.3. The van der Waals surface area contributed by atoms with Crippen LogP contribution in [0.2, 0.25) is 0 Å². The van der Waals surface area contributed by atoms with Gasteiger partial charge in [0.25, 0.3) is 5.91 Å². The highest BCUT2D eigenvalue weighted by atomic mass is 16.5. The van der Waals surface area contributed by atoms with Gasteiger partial charge in [0.1, 0.15) is 5.75 Å². The van der Waals surface area contributed by atoms with Crippen molar-refractivity contribution in [2.75, 3.05) is 46.3 Å². The van der Waals surface area contributed by atoms with Crippen molar-refractivity contribution in [1.29, 1.82) is 0 Å². The molecule has 2 rings (SSSR count). The summed E-state index contributed by atoms with van der Waals surface area (Å²) in [5.74, 6) is 0.742. The molecule has 1 saturated heterocycles. The lowest BCUT2D eigenvalue weighted by Crippen LogP contribution is -2.45. The van der Waals surface area contributed by atoms with E-state index in [0.717, 1.165) is 50.5 Å². The Bertz CT molecular complexity index is 513. The van der Waals surface area contributed by atoms with E-state index in [4.69, 9.17) is 4.74 Å². The number of nitrogens with zero attached hydrogens (tertiary/aromatic N) is 2. The van der Waals surface area contributed by atoms with Gasteiger partial charge in [0.2, 0.25) is 0 Å². The van der Waals surface area contributed by atoms with Crippen LogP contribution < -0.4 is 10.1 Å². The lowest BCUT2D eigenvalue weighted by molar-refractivity contribution is -0.128. The summed E-state index contributed by atoms with van der Waals surface area (Å²) in [6.07, 6.45) is 1.23. The first kappa shape index (κ1) is 18.7. The Morgan fingerprint density at radius 1 is 1.29 bits per heavy atom. The normalized spacial score (nSPS) is 17.5. The molecule has 1 aliphatic heterocycles. The maximum Gasteiger partial charge on any atom is 0.261 e. The molecule has 24 heavy (non-hydrogen) atoms. The van der Waals surface area contributed by atoms with Gasteiger partial charge in [-0.15, -0.1) is 0 Å². The molecule has 5 nitrogen and oxygen atoms in total. The van der Waals surface area contributed by atoms with Crippen LogP contribution in [-0.4, -0.2) is 68.1 Å². The third-order valence-corrected chi connectivity index (χ3v) is 4.48. The molecule has 1 N–H and O–H groups in total. The molecule has 1 heterocycles. The van der Waals surface area contributed by atoms with Gasteiger partial charge < -0.3 is 19.9 Å². The second-order valence-electron chi connectivity index (χ2n) is 6.62. The zero-order chi connectivity index (χ0) is 17.4. The van der Waals surface area contributed by atoms with E-state index in [1.165, 1.54) is 0 Å². The number of likely N-dealkylation sites (N-methyl/N-ethyl adjacent to an activating group) is 1. The SMILES string of the molecule is CCC(Oc1cccc(C)c1)C(=O)NCCCN1CCN(C)CC1. The van der Waals surface area contributed by atoms with Gasteiger partial charge in [0.15, 0.2) is 6.10 Å². The summed E-state index contributed by atoms with van der Waals surface area (Å²) < 4.78 is 5.84. The topological polar surface area (TPSA) is 44.8 Å². The van der Waals surface area contributed by atoms with Crippen molar-refractivity contribution >= 4 is 5.91 Å². The van der Waals surface area contributed by atoms with Gasteiger partial charge in [-0.1, -0.05) is 19.1 Å². The number of ether oxygens (including phenoxy) is 1. The summed E-state index contributed by atoms with van der Waals surface area (Å²) in [6.45, 7) is 10.3. The number of carbonyl (C=O) groups excluding carboxylic acids is 1. The minimum absolute atomic E-state index is 0.0163. The Morgan fingerprint density at radius 3 is 2.71 bits per heavy atom. The number of benzene rings is 1. The van der Waals surface area contributed by atoms with Gasteiger partial charge in [-0.3, -0.25) is 4.79 Å². The minimum Gasteiger partial charge on any atom is -0.481 e. The van der Waals surface area contributed by atoms with Crippen molar-refractivity contribution < 1.29 is 9.53 Å². The molecule has 1 aromatic carbocycles. The van der Waals surface area contributed by atoms with E-state index in [9.17, 15) is 4.79 Å². The summed E-state index contributed by atoms with van der Waals surface area (Å²) in [6, 6.07) is 7.83. The number of hydrogen-bond acceptors (Lipinski definition) is 4. The lowest BCUT2D eigenvalue weighted by Gasteiger charge is -2.32. The number of piperazine rings is 1. The lowest BCUT2D eigenvalue weighted by atomic mass is 10.2. The van der Waals surface area contributed by atoms with Crippen LogP contribution in [0.5, 0.6) is 5.75 Å². The predicted molar refractivity (Wildman–Crippen MR) is 97.4 cm³/mol. The second-order valence-corrected chi connectivity index (χ2v) is 6.62. The Labute approximate surface area is 146 Å². The fourth-order valence-corrected chi connectivity index (χ4v) is 2.87. The van der Waals surface area contributed by atoms with E-state index in [1.807, 2.05) is 38.1 Å². The highest BCUT2D eigenvalue weighted by Gasteiger charge is 2.18. The maximum atomic E-state index is 12.3. The molecule has 1 amide bonds. The van der Waals surface area contributed by atoms with Gasteiger partial charge in [0, 0.05) is 32.7 Å². The fourth-order valence-electron chi connectivity index (χ4n) is 2.87. The average molecular weight is 333 g/mol. The van der Waals surface area contributed by atoms with Crippen LogP contribution in [0.15, 0.2) is 24.3 Å². The first-order valence-electron chi connectivity index (χ1n) is 9.00. The molecular weight excluding hydrogens is 302 g/mol. The standard InChI is InChI=1S/C19H31N3O2/c1-4-18(24-17-8-5-7-16(2)15-17)19(23)20-9-6-10-22-13-11-21(3)12-14-22/h5,7-8,15,18H,4,6,9-14H2,1-3H3,(H,20,23). The molecule has 0 aliphatic carbocycles. The van der Waals surface area contributed by atoms with Crippen molar-refractivity contribution in [2.45, 2.75) is 32.8 Å². The third-order valence-electron chi connectivity index (χ3n) is 4.48. The van der Waals surface area contributed by atoms with Crippen molar-refractivity contribution in [2.24, 2.45) is 0 Å². The van der Waals surface area contributed by atoms with Gasteiger partial charge >= 0.3 is 0 Å². The van der Waals surface area contributed by atoms with E-state index >= 15 is 0 Å². The van der Waals surface area contributed by atoms with Crippen LogP contribution in [0.4, 0.5) is 0 Å². The Hall–Kier alpha value is -1.59. The molecule has 1 atom stereocenters. The molecule has 5 heteroatoms. The van der Waals surface area contributed by atoms with Gasteiger partial charge in [0.05, 0.1) is 0 Å². The highest BCUT2D eigenvalue weighted by molar-refractivity contribution is 5.81. The number of carbonyl (C=O) groups is 1. The number of hydrogen-bond donors (Lipinski definition) is 1. The molecular formula is C19H31N3O2. The molecule has 0 aromatic heterocycles. The monoisotopic (exact) mass is 333 g/mol. The minimum atomic E-state index is -0.421. The van der Waals surface area contributed by atoms with Crippen molar-refractivity contribution in [3.63, 3.8) is 0 Å². The number of aryl methyl sites for hydroxylation is 1. The van der Waals surface area contributed by atoms with Crippen LogP contribution in [0, 0.1) is 6.92 Å². The van der Waals surface area contributed by atoms with Crippen LogP contribution in [-0.2, 0) is 4.79 Å². The quantitative estimate of drug-likeness (QED) is 0.738. The molecule has 1 aromatic rings. The van der Waals surface area contributed by atoms with Crippen molar-refractivity contribution in [3.8, 4) is 5.75 Å². The van der Waals surface area contributed by atoms with Gasteiger partial charge in [-0.25, -0.2) is 0 Å². The summed E-state index contributed by atoms with van der Waals surface area (Å²) in [5.41, 5.74) is 1.13. The Balaban J connectivity index is 1.68. The molecule has 134 valence electrons. The summed E-state index contributed by atoms with van der Waals surface area (Å²) in [4.78, 5) is 17.1. The van der Waals surface area contributed by atoms with E-state index in [0.29, 0.717) is 13.0 Å². The number of amides is 1. The van der Waals surface area contributed by atoms with E-state index in [-0.39, 0.29) is 5.91 Å². The van der Waals surface area contributed by atoms with Crippen LogP contribution in [0.3, 0.4) is 0 Å². The summed E-state index contributed by atoms with van der Waals surface area (Å²) >= 11 is 0. The average Bonchev–Trinajstić information content (AvgIpc) is 2.58. The van der Waals surface area contributed by atoms with Crippen LogP contribution in [0.25, 0.3) is 0 Å². The van der Waals surface area contributed by atoms with E-state index < -0.39 is 6.10 Å². The molecule has 1 aliphatic rings. The van der Waals surface area contributed by atoms with E-state index in [1.54, 1.807) is 0 Å². The van der Waals surface area contributed by atoms with Gasteiger partial charge in [-0.2, -0.15) is 0 Å². The van der Waals surface area contributed by atoms with Crippen LogP contribution in [0.1, 0.15) is 25.3 Å².